The fourth-order valence-electron chi connectivity index (χ4n) is 2.68. The highest BCUT2D eigenvalue weighted by molar-refractivity contribution is 6.31. The van der Waals surface area contributed by atoms with Gasteiger partial charge in [0.05, 0.1) is 11.0 Å². The van der Waals surface area contributed by atoms with Crippen molar-refractivity contribution in [2.24, 2.45) is 0 Å². The zero-order valence-electron chi connectivity index (χ0n) is 12.1. The first-order chi connectivity index (χ1) is 11.2. The maximum absolute atomic E-state index is 6.20. The van der Waals surface area contributed by atoms with E-state index in [1.165, 1.54) is 0 Å². The first-order valence-corrected chi connectivity index (χ1v) is 7.97. The molecule has 0 saturated heterocycles. The molecular formula is C19H12Cl2N2. The Bertz CT molecular complexity index is 974. The van der Waals surface area contributed by atoms with Gasteiger partial charge in [-0.2, -0.15) is 0 Å². The van der Waals surface area contributed by atoms with Gasteiger partial charge >= 0.3 is 0 Å². The Balaban J connectivity index is 2.05. The minimum absolute atomic E-state index is 0.692. The van der Waals surface area contributed by atoms with Gasteiger partial charge in [-0.25, -0.2) is 4.98 Å². The predicted octanol–water partition coefficient (Wildman–Crippen LogP) is 6.00. The Morgan fingerprint density at radius 2 is 1.43 bits per heavy atom. The van der Waals surface area contributed by atoms with E-state index in [0.717, 1.165) is 28.1 Å². The number of hydrogen-bond acceptors (Lipinski definition) is 1. The van der Waals surface area contributed by atoms with Crippen molar-refractivity contribution < 1.29 is 0 Å². The van der Waals surface area contributed by atoms with E-state index in [-0.39, 0.29) is 0 Å². The SMILES string of the molecule is Clc1ccc(-c2nc3ccc(Cl)cc3n2-c2ccccc2)cc1. The lowest BCUT2D eigenvalue weighted by Crippen LogP contribution is -1.97. The summed E-state index contributed by atoms with van der Waals surface area (Å²) in [4.78, 5) is 4.79. The van der Waals surface area contributed by atoms with E-state index in [1.54, 1.807) is 0 Å². The lowest BCUT2D eigenvalue weighted by atomic mass is 10.2. The number of hydrogen-bond donors (Lipinski definition) is 0. The van der Waals surface area contributed by atoms with E-state index in [4.69, 9.17) is 28.2 Å². The van der Waals surface area contributed by atoms with Crippen LogP contribution >= 0.6 is 23.2 Å². The molecule has 3 aromatic carbocycles. The van der Waals surface area contributed by atoms with Crippen LogP contribution in [0.4, 0.5) is 0 Å². The van der Waals surface area contributed by atoms with Crippen molar-refractivity contribution >= 4 is 34.2 Å². The molecule has 23 heavy (non-hydrogen) atoms. The summed E-state index contributed by atoms with van der Waals surface area (Å²) in [5, 5.41) is 1.40. The Hall–Kier alpha value is -2.29. The van der Waals surface area contributed by atoms with Gasteiger partial charge in [0.1, 0.15) is 5.82 Å². The number of halogens is 2. The number of rotatable bonds is 2. The van der Waals surface area contributed by atoms with E-state index in [0.29, 0.717) is 10.0 Å². The molecule has 0 aliphatic rings. The predicted molar refractivity (Wildman–Crippen MR) is 96.5 cm³/mol. The third-order valence-corrected chi connectivity index (χ3v) is 4.22. The lowest BCUT2D eigenvalue weighted by Gasteiger charge is -2.09. The van der Waals surface area contributed by atoms with Gasteiger partial charge in [-0.1, -0.05) is 41.4 Å². The lowest BCUT2D eigenvalue weighted by molar-refractivity contribution is 1.10. The molecule has 0 fully saturated rings. The third-order valence-electron chi connectivity index (χ3n) is 3.73. The molecule has 0 aliphatic carbocycles. The van der Waals surface area contributed by atoms with Crippen molar-refractivity contribution in [3.63, 3.8) is 0 Å². The van der Waals surface area contributed by atoms with Crippen LogP contribution in [0.15, 0.2) is 72.8 Å². The van der Waals surface area contributed by atoms with Crippen molar-refractivity contribution in [2.75, 3.05) is 0 Å². The highest BCUT2D eigenvalue weighted by Crippen LogP contribution is 2.30. The molecule has 0 spiro atoms. The molecule has 1 aromatic heterocycles. The first-order valence-electron chi connectivity index (χ1n) is 7.22. The maximum Gasteiger partial charge on any atom is 0.145 e. The zero-order chi connectivity index (χ0) is 15.8. The average molecular weight is 339 g/mol. The van der Waals surface area contributed by atoms with Crippen LogP contribution < -0.4 is 0 Å². The Morgan fingerprint density at radius 3 is 2.17 bits per heavy atom. The normalized spacial score (nSPS) is 11.0. The summed E-state index contributed by atoms with van der Waals surface area (Å²) in [5.41, 5.74) is 3.93. The fraction of sp³-hybridized carbons (Fsp3) is 0. The Kier molecular flexibility index (Phi) is 3.56. The molecule has 0 radical (unpaired) electrons. The monoisotopic (exact) mass is 338 g/mol. The molecule has 0 saturated carbocycles. The second-order valence-electron chi connectivity index (χ2n) is 5.25. The van der Waals surface area contributed by atoms with Gasteiger partial charge in [-0.05, 0) is 54.6 Å². The van der Waals surface area contributed by atoms with Crippen LogP contribution in [0.25, 0.3) is 28.1 Å². The van der Waals surface area contributed by atoms with Gasteiger partial charge in [0.15, 0.2) is 0 Å². The molecule has 0 atom stereocenters. The first kappa shape index (κ1) is 14.3. The second kappa shape index (κ2) is 5.73. The standard InChI is InChI=1S/C19H12Cl2N2/c20-14-8-6-13(7-9-14)19-22-17-11-10-15(21)12-18(17)23(19)16-4-2-1-3-5-16/h1-12H. The molecule has 0 unspecified atom stereocenters. The Labute approximate surface area is 143 Å². The van der Waals surface area contributed by atoms with E-state index in [1.807, 2.05) is 60.7 Å². The molecule has 0 N–H and O–H groups in total. The van der Waals surface area contributed by atoms with Crippen LogP contribution in [-0.4, -0.2) is 9.55 Å². The highest BCUT2D eigenvalue weighted by atomic mass is 35.5. The molecule has 4 aromatic rings. The van der Waals surface area contributed by atoms with Gasteiger partial charge < -0.3 is 0 Å². The third kappa shape index (κ3) is 2.61. The largest absolute Gasteiger partial charge is 0.292 e. The summed E-state index contributed by atoms with van der Waals surface area (Å²) in [6, 6.07) is 23.6. The van der Waals surface area contributed by atoms with Gasteiger partial charge in [0.2, 0.25) is 0 Å². The molecule has 0 aliphatic heterocycles. The number of fused-ring (bicyclic) bond motifs is 1. The van der Waals surface area contributed by atoms with Crippen molar-refractivity contribution in [1.29, 1.82) is 0 Å². The molecular weight excluding hydrogens is 327 g/mol. The molecule has 4 rings (SSSR count). The van der Waals surface area contributed by atoms with Crippen LogP contribution in [0.1, 0.15) is 0 Å². The zero-order valence-corrected chi connectivity index (χ0v) is 13.6. The number of imidazole rings is 1. The summed E-state index contributed by atoms with van der Waals surface area (Å²) >= 11 is 12.2. The minimum atomic E-state index is 0.692. The average Bonchev–Trinajstić information content (AvgIpc) is 2.95. The molecule has 112 valence electrons. The number of nitrogens with zero attached hydrogens (tertiary/aromatic N) is 2. The smallest absolute Gasteiger partial charge is 0.145 e. The van der Waals surface area contributed by atoms with Crippen LogP contribution in [0.3, 0.4) is 0 Å². The fourth-order valence-corrected chi connectivity index (χ4v) is 2.97. The van der Waals surface area contributed by atoms with Crippen molar-refractivity contribution in [2.45, 2.75) is 0 Å². The summed E-state index contributed by atoms with van der Waals surface area (Å²) < 4.78 is 2.12. The van der Waals surface area contributed by atoms with Crippen molar-refractivity contribution in [3.8, 4) is 17.1 Å². The van der Waals surface area contributed by atoms with Crippen molar-refractivity contribution in [3.05, 3.63) is 82.8 Å². The molecule has 4 heteroatoms. The number of benzene rings is 3. The second-order valence-corrected chi connectivity index (χ2v) is 6.12. The maximum atomic E-state index is 6.20. The summed E-state index contributed by atoms with van der Waals surface area (Å²) in [6.07, 6.45) is 0. The van der Waals surface area contributed by atoms with Crippen LogP contribution in [0.2, 0.25) is 10.0 Å². The summed E-state index contributed by atoms with van der Waals surface area (Å²) in [5.74, 6) is 0.866. The van der Waals surface area contributed by atoms with Gasteiger partial charge in [0, 0.05) is 21.3 Å². The number of aromatic nitrogens is 2. The van der Waals surface area contributed by atoms with Crippen molar-refractivity contribution in [1.82, 2.24) is 9.55 Å². The molecule has 1 heterocycles. The minimum Gasteiger partial charge on any atom is -0.292 e. The van der Waals surface area contributed by atoms with Gasteiger partial charge in [-0.15, -0.1) is 0 Å². The quantitative estimate of drug-likeness (QED) is 0.438. The van der Waals surface area contributed by atoms with E-state index in [2.05, 4.69) is 16.7 Å². The van der Waals surface area contributed by atoms with Gasteiger partial charge in [-0.3, -0.25) is 4.57 Å². The molecule has 0 bridgehead atoms. The Morgan fingerprint density at radius 1 is 0.739 bits per heavy atom. The van der Waals surface area contributed by atoms with Crippen LogP contribution in [0.5, 0.6) is 0 Å². The number of para-hydroxylation sites is 1. The van der Waals surface area contributed by atoms with E-state index >= 15 is 0 Å². The van der Waals surface area contributed by atoms with Crippen LogP contribution in [-0.2, 0) is 0 Å². The summed E-state index contributed by atoms with van der Waals surface area (Å²) in [6.45, 7) is 0. The topological polar surface area (TPSA) is 17.8 Å². The van der Waals surface area contributed by atoms with Gasteiger partial charge in [0.25, 0.3) is 0 Å². The summed E-state index contributed by atoms with van der Waals surface area (Å²) in [7, 11) is 0. The highest BCUT2D eigenvalue weighted by Gasteiger charge is 2.14. The van der Waals surface area contributed by atoms with E-state index < -0.39 is 0 Å². The van der Waals surface area contributed by atoms with Crippen LogP contribution in [0, 0.1) is 0 Å². The molecule has 2 nitrogen and oxygen atoms in total. The molecule has 0 amide bonds. The van der Waals surface area contributed by atoms with E-state index in [9.17, 15) is 0 Å².